The van der Waals surface area contributed by atoms with E-state index in [0.717, 1.165) is 29.1 Å². The lowest BCUT2D eigenvalue weighted by Crippen LogP contribution is -2.19. The predicted molar refractivity (Wildman–Crippen MR) is 72.6 cm³/mol. The fraction of sp³-hybridized carbons (Fsp3) is 0.500. The Kier molecular flexibility index (Phi) is 4.75. The number of hydrogen-bond donors (Lipinski definition) is 0. The van der Waals surface area contributed by atoms with Gasteiger partial charge in [-0.3, -0.25) is 4.98 Å². The number of aromatic nitrogens is 1. The Balaban J connectivity index is 1.75. The summed E-state index contributed by atoms with van der Waals surface area (Å²) < 4.78 is 6.76. The molecular formula is C14H18BrNO. The SMILES string of the molecule is CC1CC=CCC1COCc1ccc(Br)cn1. The highest BCUT2D eigenvalue weighted by Crippen LogP contribution is 2.25. The summed E-state index contributed by atoms with van der Waals surface area (Å²) in [5.41, 5.74) is 0.993. The van der Waals surface area contributed by atoms with Gasteiger partial charge in [0.15, 0.2) is 0 Å². The third-order valence-corrected chi connectivity index (χ3v) is 3.76. The second-order valence-corrected chi connectivity index (χ2v) is 5.58. The Morgan fingerprint density at radius 1 is 1.35 bits per heavy atom. The monoisotopic (exact) mass is 295 g/mol. The molecule has 0 fully saturated rings. The molecule has 0 aliphatic heterocycles. The van der Waals surface area contributed by atoms with Crippen molar-refractivity contribution in [2.75, 3.05) is 6.61 Å². The van der Waals surface area contributed by atoms with E-state index in [1.807, 2.05) is 18.3 Å². The molecule has 0 saturated carbocycles. The maximum Gasteiger partial charge on any atom is 0.0887 e. The van der Waals surface area contributed by atoms with Crippen molar-refractivity contribution in [3.05, 3.63) is 40.6 Å². The fourth-order valence-corrected chi connectivity index (χ4v) is 2.28. The van der Waals surface area contributed by atoms with Gasteiger partial charge in [0.1, 0.15) is 0 Å². The number of allylic oxidation sites excluding steroid dienone is 2. The van der Waals surface area contributed by atoms with Crippen molar-refractivity contribution in [1.82, 2.24) is 4.98 Å². The minimum absolute atomic E-state index is 0.611. The van der Waals surface area contributed by atoms with Gasteiger partial charge in [0, 0.05) is 10.7 Å². The van der Waals surface area contributed by atoms with Crippen LogP contribution < -0.4 is 0 Å². The van der Waals surface area contributed by atoms with Crippen LogP contribution in [0, 0.1) is 11.8 Å². The predicted octanol–water partition coefficient (Wildman–Crippen LogP) is 3.96. The van der Waals surface area contributed by atoms with Crippen LogP contribution in [0.2, 0.25) is 0 Å². The zero-order chi connectivity index (χ0) is 12.1. The first-order chi connectivity index (χ1) is 8.25. The molecule has 2 rings (SSSR count). The Hall–Kier alpha value is -0.670. The molecule has 17 heavy (non-hydrogen) atoms. The number of hydrogen-bond acceptors (Lipinski definition) is 2. The summed E-state index contributed by atoms with van der Waals surface area (Å²) in [7, 11) is 0. The van der Waals surface area contributed by atoms with E-state index in [1.165, 1.54) is 6.42 Å². The van der Waals surface area contributed by atoms with Gasteiger partial charge in [0.05, 0.1) is 18.9 Å². The molecule has 0 radical (unpaired) electrons. The second-order valence-electron chi connectivity index (χ2n) is 4.66. The van der Waals surface area contributed by atoms with Crippen LogP contribution in [0.25, 0.3) is 0 Å². The van der Waals surface area contributed by atoms with Gasteiger partial charge in [0.25, 0.3) is 0 Å². The minimum atomic E-state index is 0.611. The minimum Gasteiger partial charge on any atom is -0.375 e. The Labute approximate surface area is 111 Å². The van der Waals surface area contributed by atoms with E-state index in [2.05, 4.69) is 40.0 Å². The molecule has 0 aromatic carbocycles. The van der Waals surface area contributed by atoms with Crippen LogP contribution in [0.15, 0.2) is 35.0 Å². The molecule has 2 atom stereocenters. The molecule has 1 aromatic heterocycles. The first kappa shape index (κ1) is 12.8. The molecule has 0 bridgehead atoms. The van der Waals surface area contributed by atoms with E-state index in [-0.39, 0.29) is 0 Å². The quantitative estimate of drug-likeness (QED) is 0.785. The van der Waals surface area contributed by atoms with Gasteiger partial charge in [-0.1, -0.05) is 19.1 Å². The molecule has 2 unspecified atom stereocenters. The maximum absolute atomic E-state index is 5.76. The highest BCUT2D eigenvalue weighted by molar-refractivity contribution is 9.10. The van der Waals surface area contributed by atoms with Crippen LogP contribution in [-0.2, 0) is 11.3 Å². The molecule has 0 amide bonds. The van der Waals surface area contributed by atoms with Crippen molar-refractivity contribution in [1.29, 1.82) is 0 Å². The van der Waals surface area contributed by atoms with Crippen molar-refractivity contribution in [3.63, 3.8) is 0 Å². The number of ether oxygens (including phenoxy) is 1. The van der Waals surface area contributed by atoms with E-state index >= 15 is 0 Å². The smallest absolute Gasteiger partial charge is 0.0887 e. The largest absolute Gasteiger partial charge is 0.375 e. The average molecular weight is 296 g/mol. The standard InChI is InChI=1S/C14H18BrNO/c1-11-4-2-3-5-12(11)9-17-10-14-7-6-13(15)8-16-14/h2-3,6-8,11-12H,4-5,9-10H2,1H3. The molecule has 92 valence electrons. The van der Waals surface area contributed by atoms with Crippen molar-refractivity contribution in [2.24, 2.45) is 11.8 Å². The third kappa shape index (κ3) is 3.93. The molecule has 1 aliphatic carbocycles. The van der Waals surface area contributed by atoms with Crippen molar-refractivity contribution >= 4 is 15.9 Å². The number of halogens is 1. The average Bonchev–Trinajstić information content (AvgIpc) is 2.34. The summed E-state index contributed by atoms with van der Waals surface area (Å²) in [5.74, 6) is 1.40. The molecule has 1 aliphatic rings. The number of pyridine rings is 1. The molecule has 1 aromatic rings. The van der Waals surface area contributed by atoms with Gasteiger partial charge in [-0.2, -0.15) is 0 Å². The van der Waals surface area contributed by atoms with E-state index < -0.39 is 0 Å². The Morgan fingerprint density at radius 3 is 2.88 bits per heavy atom. The Bertz CT molecular complexity index is 374. The lowest BCUT2D eigenvalue weighted by molar-refractivity contribution is 0.0662. The van der Waals surface area contributed by atoms with E-state index in [4.69, 9.17) is 4.74 Å². The van der Waals surface area contributed by atoms with Gasteiger partial charge in [0.2, 0.25) is 0 Å². The first-order valence-corrected chi connectivity index (χ1v) is 6.88. The molecule has 0 spiro atoms. The summed E-state index contributed by atoms with van der Waals surface area (Å²) in [6, 6.07) is 3.99. The van der Waals surface area contributed by atoms with Gasteiger partial charge in [-0.05, 0) is 52.7 Å². The summed E-state index contributed by atoms with van der Waals surface area (Å²) >= 11 is 3.37. The van der Waals surface area contributed by atoms with Crippen molar-refractivity contribution in [3.8, 4) is 0 Å². The topological polar surface area (TPSA) is 22.1 Å². The van der Waals surface area contributed by atoms with Gasteiger partial charge in [-0.25, -0.2) is 0 Å². The number of rotatable bonds is 4. The molecule has 1 heterocycles. The lowest BCUT2D eigenvalue weighted by atomic mass is 9.85. The molecular weight excluding hydrogens is 278 g/mol. The lowest BCUT2D eigenvalue weighted by Gasteiger charge is -2.24. The molecule has 2 nitrogen and oxygen atoms in total. The third-order valence-electron chi connectivity index (χ3n) is 3.29. The van der Waals surface area contributed by atoms with Crippen LogP contribution in [-0.4, -0.2) is 11.6 Å². The maximum atomic E-state index is 5.76. The summed E-state index contributed by atoms with van der Waals surface area (Å²) in [6.07, 6.45) is 8.69. The van der Waals surface area contributed by atoms with E-state index in [1.54, 1.807) is 0 Å². The molecule has 0 N–H and O–H groups in total. The van der Waals surface area contributed by atoms with Crippen LogP contribution in [0.1, 0.15) is 25.5 Å². The van der Waals surface area contributed by atoms with Crippen molar-refractivity contribution < 1.29 is 4.74 Å². The molecule has 3 heteroatoms. The van der Waals surface area contributed by atoms with Gasteiger partial charge >= 0.3 is 0 Å². The van der Waals surface area contributed by atoms with Crippen LogP contribution in [0.3, 0.4) is 0 Å². The second kappa shape index (κ2) is 6.31. The van der Waals surface area contributed by atoms with Gasteiger partial charge in [-0.15, -0.1) is 0 Å². The summed E-state index contributed by atoms with van der Waals surface area (Å²) in [5, 5.41) is 0. The zero-order valence-electron chi connectivity index (χ0n) is 10.1. The highest BCUT2D eigenvalue weighted by atomic mass is 79.9. The fourth-order valence-electron chi connectivity index (χ4n) is 2.05. The molecule has 0 saturated heterocycles. The number of nitrogens with zero attached hydrogens (tertiary/aromatic N) is 1. The zero-order valence-corrected chi connectivity index (χ0v) is 11.7. The normalized spacial score (nSPS) is 23.9. The summed E-state index contributed by atoms with van der Waals surface area (Å²) in [4.78, 5) is 4.29. The van der Waals surface area contributed by atoms with E-state index in [0.29, 0.717) is 12.5 Å². The summed E-state index contributed by atoms with van der Waals surface area (Å²) in [6.45, 7) is 3.75. The van der Waals surface area contributed by atoms with Gasteiger partial charge < -0.3 is 4.74 Å². The highest BCUT2D eigenvalue weighted by Gasteiger charge is 2.18. The van der Waals surface area contributed by atoms with Crippen LogP contribution in [0.5, 0.6) is 0 Å². The van der Waals surface area contributed by atoms with Crippen LogP contribution >= 0.6 is 15.9 Å². The van der Waals surface area contributed by atoms with Crippen LogP contribution in [0.4, 0.5) is 0 Å². The first-order valence-electron chi connectivity index (χ1n) is 6.09. The van der Waals surface area contributed by atoms with Crippen molar-refractivity contribution in [2.45, 2.75) is 26.4 Å². The van der Waals surface area contributed by atoms with E-state index in [9.17, 15) is 0 Å². The Morgan fingerprint density at radius 2 is 2.18 bits per heavy atom.